The predicted octanol–water partition coefficient (Wildman–Crippen LogP) is 4.20. The third-order valence-corrected chi connectivity index (χ3v) is 5.77. The first kappa shape index (κ1) is 20.1. The second-order valence-electron chi connectivity index (χ2n) is 7.16. The van der Waals surface area contributed by atoms with Gasteiger partial charge in [0.25, 0.3) is 0 Å². The van der Waals surface area contributed by atoms with E-state index in [9.17, 15) is 4.79 Å². The molecule has 3 rings (SSSR count). The molecule has 1 aliphatic carbocycles. The highest BCUT2D eigenvalue weighted by atomic mass is 16.5. The molecule has 2 aliphatic rings. The first-order valence-corrected chi connectivity index (χ1v) is 9.45. The van der Waals surface area contributed by atoms with Crippen molar-refractivity contribution in [3.8, 4) is 17.2 Å². The van der Waals surface area contributed by atoms with Crippen molar-refractivity contribution in [2.24, 2.45) is 11.3 Å². The number of fused-ring (bicyclic) bond motifs is 1. The summed E-state index contributed by atoms with van der Waals surface area (Å²) in [5.41, 5.74) is 0.534. The molecule has 6 nitrogen and oxygen atoms in total. The first-order chi connectivity index (χ1) is 13.4. The highest BCUT2D eigenvalue weighted by molar-refractivity contribution is 6.04. The molecule has 1 aromatic carbocycles. The maximum Gasteiger partial charge on any atom is 0.223 e. The third-order valence-electron chi connectivity index (χ3n) is 5.77. The Bertz CT molecular complexity index is 799. The van der Waals surface area contributed by atoms with E-state index in [2.05, 4.69) is 13.8 Å². The summed E-state index contributed by atoms with van der Waals surface area (Å²) in [6.45, 7) is 4.27. The zero-order valence-corrected chi connectivity index (χ0v) is 17.3. The fraction of sp³-hybridized carbons (Fsp3) is 0.500. The topological polar surface area (TPSA) is 63.2 Å². The minimum atomic E-state index is -0.376. The second-order valence-corrected chi connectivity index (χ2v) is 7.16. The van der Waals surface area contributed by atoms with Crippen LogP contribution in [0.4, 0.5) is 0 Å². The van der Waals surface area contributed by atoms with Crippen LogP contribution in [-0.2, 0) is 14.3 Å². The summed E-state index contributed by atoms with van der Waals surface area (Å²) in [6.07, 6.45) is 5.07. The van der Waals surface area contributed by atoms with Gasteiger partial charge in [-0.05, 0) is 24.6 Å². The van der Waals surface area contributed by atoms with Crippen LogP contribution in [0, 0.1) is 11.3 Å². The molecule has 0 spiro atoms. The van der Waals surface area contributed by atoms with Gasteiger partial charge in [0.05, 0.1) is 33.9 Å². The van der Waals surface area contributed by atoms with Gasteiger partial charge < -0.3 is 23.7 Å². The lowest BCUT2D eigenvalue weighted by atomic mass is 9.68. The van der Waals surface area contributed by atoms with Crippen molar-refractivity contribution >= 4 is 5.78 Å². The Labute approximate surface area is 166 Å². The Morgan fingerprint density at radius 3 is 2.18 bits per heavy atom. The lowest BCUT2D eigenvalue weighted by Crippen LogP contribution is -2.29. The van der Waals surface area contributed by atoms with Crippen molar-refractivity contribution in [2.45, 2.75) is 32.8 Å². The van der Waals surface area contributed by atoms with Crippen LogP contribution in [0.25, 0.3) is 0 Å². The zero-order chi connectivity index (χ0) is 20.5. The number of hydrogen-bond donors (Lipinski definition) is 0. The van der Waals surface area contributed by atoms with Crippen LogP contribution in [-0.4, -0.2) is 34.2 Å². The summed E-state index contributed by atoms with van der Waals surface area (Å²) in [4.78, 5) is 12.3. The molecule has 1 fully saturated rings. The van der Waals surface area contributed by atoms with Crippen molar-refractivity contribution in [3.63, 3.8) is 0 Å². The van der Waals surface area contributed by atoms with Gasteiger partial charge in [-0.15, -0.1) is 0 Å². The van der Waals surface area contributed by atoms with E-state index in [0.29, 0.717) is 28.8 Å². The lowest BCUT2D eigenvalue weighted by Gasteiger charge is -2.32. The number of ether oxygens (including phenoxy) is 5. The number of methoxy groups -OCH3 is 4. The average Bonchev–Trinajstić information content (AvgIpc) is 2.98. The number of carbonyl (C=O) groups is 1. The van der Waals surface area contributed by atoms with Gasteiger partial charge in [0.15, 0.2) is 17.3 Å². The molecule has 152 valence electrons. The highest BCUT2D eigenvalue weighted by Gasteiger charge is 2.53. The number of carbonyl (C=O) groups excluding carboxylic acids is 1. The van der Waals surface area contributed by atoms with E-state index in [1.165, 1.54) is 7.11 Å². The van der Waals surface area contributed by atoms with Crippen LogP contribution in [0.2, 0.25) is 0 Å². The lowest BCUT2D eigenvalue weighted by molar-refractivity contribution is -0.114. The summed E-state index contributed by atoms with van der Waals surface area (Å²) in [6, 6.07) is 3.81. The maximum atomic E-state index is 12.3. The molecule has 1 aromatic rings. The van der Waals surface area contributed by atoms with Gasteiger partial charge in [0.1, 0.15) is 11.9 Å². The Kier molecular flexibility index (Phi) is 5.59. The summed E-state index contributed by atoms with van der Waals surface area (Å²) < 4.78 is 28.1. The average molecular weight is 388 g/mol. The van der Waals surface area contributed by atoms with Gasteiger partial charge in [-0.3, -0.25) is 4.79 Å². The third kappa shape index (κ3) is 3.01. The second kappa shape index (κ2) is 7.78. The summed E-state index contributed by atoms with van der Waals surface area (Å²) >= 11 is 0. The van der Waals surface area contributed by atoms with Gasteiger partial charge in [-0.25, -0.2) is 0 Å². The predicted molar refractivity (Wildman–Crippen MR) is 105 cm³/mol. The van der Waals surface area contributed by atoms with Crippen LogP contribution in [0.1, 0.15) is 38.4 Å². The number of hydrogen-bond acceptors (Lipinski definition) is 6. The summed E-state index contributed by atoms with van der Waals surface area (Å²) in [5.74, 6) is 2.68. The fourth-order valence-electron chi connectivity index (χ4n) is 4.33. The van der Waals surface area contributed by atoms with Crippen LogP contribution in [0.5, 0.6) is 17.2 Å². The molecule has 0 N–H and O–H groups in total. The van der Waals surface area contributed by atoms with E-state index in [4.69, 9.17) is 23.7 Å². The number of allylic oxidation sites excluding steroid dienone is 2. The zero-order valence-electron chi connectivity index (χ0n) is 17.3. The SMILES string of the molecule is CCCC12C=C(OC)C(=O)C=C1OC(c1cc(OC)c(OC)c(OC)c1)C2C. The molecule has 3 atom stereocenters. The minimum absolute atomic E-state index is 0.0831. The molecule has 0 bridgehead atoms. The molecule has 1 saturated heterocycles. The Balaban J connectivity index is 2.10. The summed E-state index contributed by atoms with van der Waals surface area (Å²) in [7, 11) is 6.28. The van der Waals surface area contributed by atoms with E-state index in [1.807, 2.05) is 18.2 Å². The van der Waals surface area contributed by atoms with E-state index in [0.717, 1.165) is 18.4 Å². The quantitative estimate of drug-likeness (QED) is 0.697. The molecule has 0 aromatic heterocycles. The maximum absolute atomic E-state index is 12.3. The number of benzene rings is 1. The minimum Gasteiger partial charge on any atom is -0.493 e. The van der Waals surface area contributed by atoms with Gasteiger partial charge >= 0.3 is 0 Å². The molecular formula is C22H28O6. The number of rotatable bonds is 7. The van der Waals surface area contributed by atoms with Crippen LogP contribution >= 0.6 is 0 Å². The standard InChI is InChI=1S/C22H28O6/c1-7-8-22-12-18(26-5)15(23)11-19(22)28-20(13(22)2)14-9-16(24-3)21(27-6)17(10-14)25-4/h9-13,20H,7-8H2,1-6H3. The molecule has 0 saturated carbocycles. The molecule has 3 unspecified atom stereocenters. The van der Waals surface area contributed by atoms with Crippen molar-refractivity contribution < 1.29 is 28.5 Å². The smallest absolute Gasteiger partial charge is 0.223 e. The Hall–Kier alpha value is -2.63. The first-order valence-electron chi connectivity index (χ1n) is 9.45. The van der Waals surface area contributed by atoms with Crippen LogP contribution in [0.3, 0.4) is 0 Å². The fourth-order valence-corrected chi connectivity index (χ4v) is 4.33. The van der Waals surface area contributed by atoms with E-state index in [1.54, 1.807) is 27.4 Å². The van der Waals surface area contributed by atoms with E-state index >= 15 is 0 Å². The highest BCUT2D eigenvalue weighted by Crippen LogP contribution is 2.58. The largest absolute Gasteiger partial charge is 0.493 e. The van der Waals surface area contributed by atoms with Crippen LogP contribution in [0.15, 0.2) is 35.8 Å². The normalized spacial score (nSPS) is 26.0. The van der Waals surface area contributed by atoms with Crippen molar-refractivity contribution in [1.82, 2.24) is 0 Å². The molecule has 1 heterocycles. The van der Waals surface area contributed by atoms with Gasteiger partial charge in [0, 0.05) is 17.6 Å². The van der Waals surface area contributed by atoms with E-state index in [-0.39, 0.29) is 23.2 Å². The molecule has 0 amide bonds. The van der Waals surface area contributed by atoms with Gasteiger partial charge in [0.2, 0.25) is 11.5 Å². The Morgan fingerprint density at radius 1 is 1.04 bits per heavy atom. The van der Waals surface area contributed by atoms with Gasteiger partial charge in [-0.2, -0.15) is 0 Å². The molecule has 0 radical (unpaired) electrons. The number of ketones is 1. The van der Waals surface area contributed by atoms with Gasteiger partial charge in [-0.1, -0.05) is 20.3 Å². The summed E-state index contributed by atoms with van der Waals surface area (Å²) in [5, 5.41) is 0. The molecule has 6 heteroatoms. The molecule has 1 aliphatic heterocycles. The molecular weight excluding hydrogens is 360 g/mol. The monoisotopic (exact) mass is 388 g/mol. The van der Waals surface area contributed by atoms with Crippen molar-refractivity contribution in [3.05, 3.63) is 41.4 Å². The molecule has 28 heavy (non-hydrogen) atoms. The van der Waals surface area contributed by atoms with E-state index < -0.39 is 0 Å². The van der Waals surface area contributed by atoms with Crippen molar-refractivity contribution in [2.75, 3.05) is 28.4 Å². The van der Waals surface area contributed by atoms with Crippen LogP contribution < -0.4 is 14.2 Å². The van der Waals surface area contributed by atoms with Crippen molar-refractivity contribution in [1.29, 1.82) is 0 Å². The Morgan fingerprint density at radius 2 is 1.68 bits per heavy atom.